The van der Waals surface area contributed by atoms with Gasteiger partial charge in [-0.1, -0.05) is 0 Å². The Kier molecular flexibility index (Phi) is 6.27. The maximum absolute atomic E-state index is 12.6. The van der Waals surface area contributed by atoms with Crippen molar-refractivity contribution in [1.82, 2.24) is 15.1 Å². The summed E-state index contributed by atoms with van der Waals surface area (Å²) in [5.41, 5.74) is 1.87. The molecule has 3 aliphatic heterocycles. The Labute approximate surface area is 191 Å². The van der Waals surface area contributed by atoms with Gasteiger partial charge in [0.25, 0.3) is 5.91 Å². The van der Waals surface area contributed by atoms with Gasteiger partial charge in [-0.05, 0) is 24.6 Å². The SMILES string of the molecule is COc1c(OCCCN2CCOCC2)ccc2c1N=C(NC(=O)c1ccoc1)N1CCN=C21. The summed E-state index contributed by atoms with van der Waals surface area (Å²) in [7, 11) is 1.60. The lowest BCUT2D eigenvalue weighted by molar-refractivity contribution is 0.0357. The van der Waals surface area contributed by atoms with Crippen molar-refractivity contribution in [3.8, 4) is 11.5 Å². The van der Waals surface area contributed by atoms with Crippen LogP contribution in [0.3, 0.4) is 0 Å². The van der Waals surface area contributed by atoms with Crippen LogP contribution in [0.5, 0.6) is 11.5 Å². The molecule has 5 rings (SSSR count). The molecule has 33 heavy (non-hydrogen) atoms. The first kappa shape index (κ1) is 21.5. The van der Waals surface area contributed by atoms with Gasteiger partial charge in [-0.3, -0.25) is 24.9 Å². The van der Waals surface area contributed by atoms with Crippen LogP contribution in [0.4, 0.5) is 5.69 Å². The Hall–Kier alpha value is -3.37. The van der Waals surface area contributed by atoms with Crippen molar-refractivity contribution in [3.05, 3.63) is 41.9 Å². The van der Waals surface area contributed by atoms with Gasteiger partial charge >= 0.3 is 0 Å². The van der Waals surface area contributed by atoms with Crippen LogP contribution in [0.1, 0.15) is 22.3 Å². The summed E-state index contributed by atoms with van der Waals surface area (Å²) >= 11 is 0. The molecule has 0 saturated carbocycles. The number of ether oxygens (including phenoxy) is 3. The number of hydrogen-bond donors (Lipinski definition) is 1. The highest BCUT2D eigenvalue weighted by Gasteiger charge is 2.33. The molecule has 0 atom stereocenters. The molecule has 4 heterocycles. The number of morpholine rings is 1. The third-order valence-electron chi connectivity index (χ3n) is 5.84. The second kappa shape index (κ2) is 9.63. The minimum atomic E-state index is -0.299. The number of carbonyl (C=O) groups is 1. The number of rotatable bonds is 7. The minimum absolute atomic E-state index is 0.299. The smallest absolute Gasteiger partial charge is 0.261 e. The molecule has 174 valence electrons. The molecule has 3 aliphatic rings. The normalized spacial score (nSPS) is 17.7. The molecule has 1 saturated heterocycles. The number of hydrogen-bond acceptors (Lipinski definition) is 9. The largest absolute Gasteiger partial charge is 0.491 e. The highest BCUT2D eigenvalue weighted by atomic mass is 16.5. The number of benzene rings is 1. The van der Waals surface area contributed by atoms with Crippen molar-refractivity contribution >= 4 is 23.4 Å². The first-order valence-corrected chi connectivity index (χ1v) is 11.1. The van der Waals surface area contributed by atoms with E-state index in [1.165, 1.54) is 12.5 Å². The standard InChI is InChI=1S/C23H27N5O5/c1-30-20-18(33-11-2-7-27-9-13-31-14-10-27)4-3-17-19(20)25-23(28-8-6-24-21(17)28)26-22(29)16-5-12-32-15-16/h3-5,12,15H,2,6-11,13-14H2,1H3,(H,25,26,29). The Balaban J connectivity index is 1.35. The van der Waals surface area contributed by atoms with Gasteiger partial charge < -0.3 is 18.6 Å². The molecule has 2 aromatic rings. The lowest BCUT2D eigenvalue weighted by Crippen LogP contribution is -2.47. The van der Waals surface area contributed by atoms with Gasteiger partial charge in [0, 0.05) is 31.7 Å². The zero-order valence-corrected chi connectivity index (χ0v) is 18.6. The molecule has 0 spiro atoms. The quantitative estimate of drug-likeness (QED) is 0.639. The minimum Gasteiger partial charge on any atom is -0.491 e. The summed E-state index contributed by atoms with van der Waals surface area (Å²) in [5, 5.41) is 2.88. The van der Waals surface area contributed by atoms with Crippen LogP contribution in [0.15, 0.2) is 45.1 Å². The first-order chi connectivity index (χ1) is 16.2. The molecule has 0 aliphatic carbocycles. The highest BCUT2D eigenvalue weighted by molar-refractivity contribution is 6.20. The Bertz CT molecular complexity index is 1060. The number of fused-ring (bicyclic) bond motifs is 3. The topological polar surface area (TPSA) is 101 Å². The maximum atomic E-state index is 12.6. The molecule has 1 aromatic heterocycles. The first-order valence-electron chi connectivity index (χ1n) is 11.1. The van der Waals surface area contributed by atoms with Gasteiger partial charge in [-0.25, -0.2) is 4.99 Å². The van der Waals surface area contributed by atoms with E-state index in [0.29, 0.717) is 48.4 Å². The zero-order chi connectivity index (χ0) is 22.6. The van der Waals surface area contributed by atoms with Crippen molar-refractivity contribution in [2.75, 3.05) is 59.7 Å². The lowest BCUT2D eigenvalue weighted by Gasteiger charge is -2.28. The van der Waals surface area contributed by atoms with E-state index in [2.05, 4.69) is 15.2 Å². The van der Waals surface area contributed by atoms with Gasteiger partial charge in [0.05, 0.1) is 45.3 Å². The summed E-state index contributed by atoms with van der Waals surface area (Å²) in [5.74, 6) is 2.02. The van der Waals surface area contributed by atoms with E-state index in [1.54, 1.807) is 13.2 Å². The van der Waals surface area contributed by atoms with Crippen LogP contribution in [0, 0.1) is 0 Å². The Morgan fingerprint density at radius 3 is 2.88 bits per heavy atom. The number of furan rings is 1. The molecule has 10 heteroatoms. The zero-order valence-electron chi connectivity index (χ0n) is 18.6. The van der Waals surface area contributed by atoms with Crippen LogP contribution >= 0.6 is 0 Å². The molecule has 0 radical (unpaired) electrons. The lowest BCUT2D eigenvalue weighted by atomic mass is 10.1. The number of amidine groups is 1. The average molecular weight is 453 g/mol. The number of methoxy groups -OCH3 is 1. The van der Waals surface area contributed by atoms with E-state index < -0.39 is 0 Å². The van der Waals surface area contributed by atoms with Crippen LogP contribution in [0.25, 0.3) is 0 Å². The fourth-order valence-electron chi connectivity index (χ4n) is 4.16. The number of aliphatic imine (C=N–C) groups is 2. The Morgan fingerprint density at radius 2 is 2.09 bits per heavy atom. The van der Waals surface area contributed by atoms with Gasteiger partial charge in [-0.2, -0.15) is 0 Å². The van der Waals surface area contributed by atoms with Crippen molar-refractivity contribution in [2.24, 2.45) is 9.98 Å². The molecule has 0 unspecified atom stereocenters. The maximum Gasteiger partial charge on any atom is 0.261 e. The van der Waals surface area contributed by atoms with Gasteiger partial charge in [0.15, 0.2) is 11.5 Å². The van der Waals surface area contributed by atoms with E-state index in [9.17, 15) is 4.79 Å². The van der Waals surface area contributed by atoms with Gasteiger partial charge in [0.1, 0.15) is 17.8 Å². The van der Waals surface area contributed by atoms with E-state index in [0.717, 1.165) is 50.7 Å². The number of nitrogens with one attached hydrogen (secondary N) is 1. The molecule has 1 N–H and O–H groups in total. The summed E-state index contributed by atoms with van der Waals surface area (Å²) in [6.45, 7) is 6.29. The van der Waals surface area contributed by atoms with Gasteiger partial charge in [-0.15, -0.1) is 0 Å². The third-order valence-corrected chi connectivity index (χ3v) is 5.84. The molecule has 1 fully saturated rings. The molecular weight excluding hydrogens is 426 g/mol. The van der Waals surface area contributed by atoms with Crippen molar-refractivity contribution in [2.45, 2.75) is 6.42 Å². The van der Waals surface area contributed by atoms with Crippen LogP contribution < -0.4 is 14.8 Å². The average Bonchev–Trinajstić information content (AvgIpc) is 3.55. The van der Waals surface area contributed by atoms with Crippen LogP contribution in [-0.4, -0.2) is 87.2 Å². The number of amides is 1. The van der Waals surface area contributed by atoms with E-state index in [-0.39, 0.29) is 5.91 Å². The van der Waals surface area contributed by atoms with Crippen molar-refractivity contribution in [3.63, 3.8) is 0 Å². The molecule has 1 amide bonds. The fourth-order valence-corrected chi connectivity index (χ4v) is 4.16. The number of carbonyl (C=O) groups excluding carboxylic acids is 1. The van der Waals surface area contributed by atoms with Crippen LogP contribution in [-0.2, 0) is 4.74 Å². The van der Waals surface area contributed by atoms with E-state index in [1.807, 2.05) is 17.0 Å². The van der Waals surface area contributed by atoms with E-state index >= 15 is 0 Å². The molecule has 1 aromatic carbocycles. The molecule has 0 bridgehead atoms. The number of guanidine groups is 1. The van der Waals surface area contributed by atoms with Crippen molar-refractivity contribution in [1.29, 1.82) is 0 Å². The summed E-state index contributed by atoms with van der Waals surface area (Å²) in [6, 6.07) is 5.45. The molecule has 10 nitrogen and oxygen atoms in total. The predicted octanol–water partition coefficient (Wildman–Crippen LogP) is 1.88. The van der Waals surface area contributed by atoms with Crippen LogP contribution in [0.2, 0.25) is 0 Å². The highest BCUT2D eigenvalue weighted by Crippen LogP contribution is 2.43. The predicted molar refractivity (Wildman–Crippen MR) is 122 cm³/mol. The second-order valence-electron chi connectivity index (χ2n) is 7.91. The summed E-state index contributed by atoms with van der Waals surface area (Å²) in [6.07, 6.45) is 3.76. The molecular formula is C23H27N5O5. The third kappa shape index (κ3) is 4.44. The van der Waals surface area contributed by atoms with Crippen molar-refractivity contribution < 1.29 is 23.4 Å². The fraction of sp³-hybridized carbons (Fsp3) is 0.435. The van der Waals surface area contributed by atoms with Gasteiger partial charge in [0.2, 0.25) is 5.96 Å². The summed E-state index contributed by atoms with van der Waals surface area (Å²) < 4.78 is 22.2. The van der Waals surface area contributed by atoms with E-state index in [4.69, 9.17) is 23.6 Å². The second-order valence-corrected chi connectivity index (χ2v) is 7.91. The number of nitrogens with zero attached hydrogens (tertiary/aromatic N) is 4. The monoisotopic (exact) mass is 453 g/mol. The Morgan fingerprint density at radius 1 is 1.21 bits per heavy atom. The summed E-state index contributed by atoms with van der Waals surface area (Å²) in [4.78, 5) is 26.3.